The van der Waals surface area contributed by atoms with Gasteiger partial charge in [-0.05, 0) is 36.8 Å². The van der Waals surface area contributed by atoms with E-state index in [0.717, 1.165) is 22.6 Å². The molecule has 4 N–H and O–H groups in total. The summed E-state index contributed by atoms with van der Waals surface area (Å²) in [6, 6.07) is 7.43. The van der Waals surface area contributed by atoms with Crippen molar-refractivity contribution in [3.8, 4) is 11.3 Å². The van der Waals surface area contributed by atoms with Crippen molar-refractivity contribution in [1.82, 2.24) is 0 Å². The van der Waals surface area contributed by atoms with E-state index in [1.54, 1.807) is 12.3 Å². The van der Waals surface area contributed by atoms with Gasteiger partial charge in [0, 0.05) is 30.0 Å². The number of nitrogens with zero attached hydrogens (tertiary/aromatic N) is 1. The lowest BCUT2D eigenvalue weighted by Crippen LogP contribution is -2.30. The van der Waals surface area contributed by atoms with E-state index in [-0.39, 0.29) is 13.2 Å². The summed E-state index contributed by atoms with van der Waals surface area (Å²) in [5.41, 5.74) is 9.30. The van der Waals surface area contributed by atoms with Gasteiger partial charge in [-0.3, -0.25) is 0 Å². The van der Waals surface area contributed by atoms with Crippen molar-refractivity contribution in [3.63, 3.8) is 0 Å². The maximum atomic E-state index is 9.18. The Morgan fingerprint density at radius 2 is 1.85 bits per heavy atom. The minimum absolute atomic E-state index is 0.0148. The number of aryl methyl sites for hydroxylation is 1. The fraction of sp³-hybridized carbons (Fsp3) is 0.333. The number of rotatable bonds is 6. The second-order valence-electron chi connectivity index (χ2n) is 4.64. The van der Waals surface area contributed by atoms with Crippen molar-refractivity contribution in [2.24, 2.45) is 0 Å². The minimum atomic E-state index is 0.0148. The van der Waals surface area contributed by atoms with Gasteiger partial charge in [0.1, 0.15) is 5.76 Å². The Balaban J connectivity index is 2.49. The monoisotopic (exact) mass is 276 g/mol. The number of hydrogen-bond acceptors (Lipinski definition) is 5. The SMILES string of the molecule is Cc1ccoc1-c1cc(N)ccc1N(CCO)CCO. The standard InChI is InChI=1S/C15H20N2O3/c1-11-4-9-20-15(11)13-10-12(16)2-3-14(13)17(5-7-18)6-8-19/h2-4,9-10,18-19H,5-8,16H2,1H3. The number of hydrogen-bond donors (Lipinski definition) is 3. The van der Waals surface area contributed by atoms with Crippen molar-refractivity contribution in [2.75, 3.05) is 36.9 Å². The summed E-state index contributed by atoms with van der Waals surface area (Å²) < 4.78 is 5.55. The van der Waals surface area contributed by atoms with Crippen molar-refractivity contribution < 1.29 is 14.6 Å². The van der Waals surface area contributed by atoms with Crippen LogP contribution in [0.3, 0.4) is 0 Å². The van der Waals surface area contributed by atoms with Gasteiger partial charge in [-0.2, -0.15) is 0 Å². The maximum absolute atomic E-state index is 9.18. The van der Waals surface area contributed by atoms with E-state index in [0.29, 0.717) is 18.8 Å². The van der Waals surface area contributed by atoms with Gasteiger partial charge in [-0.1, -0.05) is 0 Å². The Bertz CT molecular complexity index is 560. The summed E-state index contributed by atoms with van der Waals surface area (Å²) in [5, 5.41) is 18.4. The van der Waals surface area contributed by atoms with E-state index in [1.165, 1.54) is 0 Å². The molecule has 5 heteroatoms. The van der Waals surface area contributed by atoms with Crippen LogP contribution in [0.15, 0.2) is 34.9 Å². The average Bonchev–Trinajstić information content (AvgIpc) is 2.85. The molecule has 0 amide bonds. The van der Waals surface area contributed by atoms with E-state index < -0.39 is 0 Å². The molecule has 0 bridgehead atoms. The molecule has 0 fully saturated rings. The van der Waals surface area contributed by atoms with Crippen LogP contribution in [0.2, 0.25) is 0 Å². The summed E-state index contributed by atoms with van der Waals surface area (Å²) in [6.45, 7) is 2.88. The Hall–Kier alpha value is -1.98. The average molecular weight is 276 g/mol. The van der Waals surface area contributed by atoms with Gasteiger partial charge in [0.15, 0.2) is 0 Å². The third-order valence-corrected chi connectivity index (χ3v) is 3.21. The molecule has 0 saturated carbocycles. The molecule has 1 aromatic heterocycles. The number of aliphatic hydroxyl groups is 2. The van der Waals surface area contributed by atoms with Crippen LogP contribution in [0.25, 0.3) is 11.3 Å². The lowest BCUT2D eigenvalue weighted by Gasteiger charge is -2.25. The molecule has 0 atom stereocenters. The predicted molar refractivity (Wildman–Crippen MR) is 79.7 cm³/mol. The third-order valence-electron chi connectivity index (χ3n) is 3.21. The largest absolute Gasteiger partial charge is 0.464 e. The second-order valence-corrected chi connectivity index (χ2v) is 4.64. The fourth-order valence-electron chi connectivity index (χ4n) is 2.25. The second kappa shape index (κ2) is 6.45. The van der Waals surface area contributed by atoms with Crippen molar-refractivity contribution >= 4 is 11.4 Å². The molecule has 0 spiro atoms. The first-order valence-electron chi connectivity index (χ1n) is 6.58. The Morgan fingerprint density at radius 1 is 1.15 bits per heavy atom. The number of anilines is 2. The van der Waals surface area contributed by atoms with Crippen LogP contribution < -0.4 is 10.6 Å². The summed E-state index contributed by atoms with van der Waals surface area (Å²) in [4.78, 5) is 1.91. The van der Waals surface area contributed by atoms with E-state index in [1.807, 2.05) is 30.0 Å². The molecule has 0 aliphatic rings. The highest BCUT2D eigenvalue weighted by Gasteiger charge is 2.16. The minimum Gasteiger partial charge on any atom is -0.464 e. The number of benzene rings is 1. The van der Waals surface area contributed by atoms with Crippen LogP contribution in [-0.2, 0) is 0 Å². The summed E-state index contributed by atoms with van der Waals surface area (Å²) >= 11 is 0. The van der Waals surface area contributed by atoms with Gasteiger partial charge < -0.3 is 25.3 Å². The van der Waals surface area contributed by atoms with Crippen LogP contribution in [0, 0.1) is 6.92 Å². The van der Waals surface area contributed by atoms with Crippen LogP contribution in [0.4, 0.5) is 11.4 Å². The van der Waals surface area contributed by atoms with Gasteiger partial charge in [-0.25, -0.2) is 0 Å². The summed E-state index contributed by atoms with van der Waals surface area (Å²) in [6.07, 6.45) is 1.64. The number of nitrogen functional groups attached to an aromatic ring is 1. The fourth-order valence-corrected chi connectivity index (χ4v) is 2.25. The summed E-state index contributed by atoms with van der Waals surface area (Å²) in [7, 11) is 0. The Labute approximate surface area is 118 Å². The third kappa shape index (κ3) is 2.95. The molecule has 5 nitrogen and oxygen atoms in total. The number of nitrogens with two attached hydrogens (primary N) is 1. The first-order valence-corrected chi connectivity index (χ1v) is 6.58. The molecule has 20 heavy (non-hydrogen) atoms. The molecular weight excluding hydrogens is 256 g/mol. The molecule has 0 unspecified atom stereocenters. The molecule has 0 aliphatic heterocycles. The molecule has 0 aliphatic carbocycles. The highest BCUT2D eigenvalue weighted by molar-refractivity contribution is 5.80. The predicted octanol–water partition coefficient (Wildman–Crippen LogP) is 1.63. The Kier molecular flexibility index (Phi) is 4.65. The van der Waals surface area contributed by atoms with E-state index in [9.17, 15) is 10.2 Å². The molecule has 0 radical (unpaired) electrons. The number of furan rings is 1. The van der Waals surface area contributed by atoms with E-state index >= 15 is 0 Å². The lowest BCUT2D eigenvalue weighted by molar-refractivity contribution is 0.281. The van der Waals surface area contributed by atoms with Crippen LogP contribution in [0.5, 0.6) is 0 Å². The van der Waals surface area contributed by atoms with Gasteiger partial charge in [0.2, 0.25) is 0 Å². The molecule has 1 aromatic carbocycles. The van der Waals surface area contributed by atoms with Gasteiger partial charge in [-0.15, -0.1) is 0 Å². The van der Waals surface area contributed by atoms with Crippen LogP contribution in [0.1, 0.15) is 5.56 Å². The maximum Gasteiger partial charge on any atom is 0.138 e. The highest BCUT2D eigenvalue weighted by atomic mass is 16.3. The van der Waals surface area contributed by atoms with Crippen LogP contribution >= 0.6 is 0 Å². The van der Waals surface area contributed by atoms with Crippen molar-refractivity contribution in [1.29, 1.82) is 0 Å². The van der Waals surface area contributed by atoms with Crippen LogP contribution in [-0.4, -0.2) is 36.5 Å². The first-order chi connectivity index (χ1) is 9.67. The lowest BCUT2D eigenvalue weighted by atomic mass is 10.1. The van der Waals surface area contributed by atoms with Gasteiger partial charge >= 0.3 is 0 Å². The highest BCUT2D eigenvalue weighted by Crippen LogP contribution is 2.35. The van der Waals surface area contributed by atoms with Crippen molar-refractivity contribution in [2.45, 2.75) is 6.92 Å². The van der Waals surface area contributed by atoms with Gasteiger partial charge in [0.25, 0.3) is 0 Å². The smallest absolute Gasteiger partial charge is 0.138 e. The summed E-state index contributed by atoms with van der Waals surface area (Å²) in [5.74, 6) is 0.758. The first kappa shape index (κ1) is 14.4. The topological polar surface area (TPSA) is 82.9 Å². The molecule has 0 saturated heterocycles. The molecule has 2 rings (SSSR count). The zero-order valence-corrected chi connectivity index (χ0v) is 11.5. The molecule has 2 aromatic rings. The zero-order valence-electron chi connectivity index (χ0n) is 11.5. The quantitative estimate of drug-likeness (QED) is 0.698. The van der Waals surface area contributed by atoms with Gasteiger partial charge in [0.05, 0.1) is 19.5 Å². The van der Waals surface area contributed by atoms with Crippen molar-refractivity contribution in [3.05, 3.63) is 36.1 Å². The Morgan fingerprint density at radius 3 is 2.40 bits per heavy atom. The molecule has 1 heterocycles. The molecule has 108 valence electrons. The number of aliphatic hydroxyl groups excluding tert-OH is 2. The van der Waals surface area contributed by atoms with E-state index in [4.69, 9.17) is 10.2 Å². The molecular formula is C15H20N2O3. The van der Waals surface area contributed by atoms with E-state index in [2.05, 4.69) is 0 Å². The zero-order chi connectivity index (χ0) is 14.5. The normalized spacial score (nSPS) is 10.8.